The number of halogens is 3. The van der Waals surface area contributed by atoms with Gasteiger partial charge in [-0.3, -0.25) is 0 Å². The second-order valence-corrected chi connectivity index (χ2v) is 6.91. The number of benzene rings is 3. The standard InChI is InChI=1S/C25H19F3N2O2/c26-25(27,28)32-22-13-11-19(12-14-22)23-15-21(30-20-9-5-2-6-10-20)16-29-24(23)31-17-18-7-3-1-4-8-18/h1-16,30H,17H2. The van der Waals surface area contributed by atoms with Gasteiger partial charge in [0.15, 0.2) is 0 Å². The molecule has 7 heteroatoms. The predicted octanol–water partition coefficient (Wildman–Crippen LogP) is 6.97. The first-order chi connectivity index (χ1) is 15.5. The Morgan fingerprint density at radius 1 is 0.781 bits per heavy atom. The van der Waals surface area contributed by atoms with Crippen molar-refractivity contribution in [2.24, 2.45) is 0 Å². The fourth-order valence-electron chi connectivity index (χ4n) is 3.09. The topological polar surface area (TPSA) is 43.4 Å². The Morgan fingerprint density at radius 2 is 1.44 bits per heavy atom. The van der Waals surface area contributed by atoms with Gasteiger partial charge in [0.2, 0.25) is 5.88 Å². The molecular formula is C25H19F3N2O2. The maximum absolute atomic E-state index is 12.5. The number of anilines is 2. The first kappa shape index (κ1) is 21.2. The van der Waals surface area contributed by atoms with Crippen LogP contribution in [0.15, 0.2) is 97.2 Å². The number of rotatable bonds is 7. The smallest absolute Gasteiger partial charge is 0.472 e. The quantitative estimate of drug-likeness (QED) is 0.340. The lowest BCUT2D eigenvalue weighted by molar-refractivity contribution is -0.274. The molecule has 0 saturated carbocycles. The molecule has 0 aliphatic carbocycles. The van der Waals surface area contributed by atoms with Gasteiger partial charge in [-0.2, -0.15) is 0 Å². The summed E-state index contributed by atoms with van der Waals surface area (Å²) < 4.78 is 47.4. The van der Waals surface area contributed by atoms with Crippen LogP contribution in [0.4, 0.5) is 24.5 Å². The fraction of sp³-hybridized carbons (Fsp3) is 0.0800. The van der Waals surface area contributed by atoms with Gasteiger partial charge in [-0.05, 0) is 41.5 Å². The Kier molecular flexibility index (Phi) is 6.26. The van der Waals surface area contributed by atoms with Crippen molar-refractivity contribution in [1.29, 1.82) is 0 Å². The Labute approximate surface area is 183 Å². The second-order valence-electron chi connectivity index (χ2n) is 6.91. The van der Waals surface area contributed by atoms with E-state index in [-0.39, 0.29) is 5.75 Å². The van der Waals surface area contributed by atoms with E-state index in [0.717, 1.165) is 11.3 Å². The number of pyridine rings is 1. The van der Waals surface area contributed by atoms with Crippen LogP contribution in [0.1, 0.15) is 5.56 Å². The highest BCUT2D eigenvalue weighted by Gasteiger charge is 2.31. The minimum absolute atomic E-state index is 0.292. The molecule has 1 heterocycles. The number of alkyl halides is 3. The second kappa shape index (κ2) is 9.43. The van der Waals surface area contributed by atoms with E-state index in [2.05, 4.69) is 15.0 Å². The summed E-state index contributed by atoms with van der Waals surface area (Å²) in [6.45, 7) is 0.307. The van der Waals surface area contributed by atoms with Gasteiger partial charge >= 0.3 is 6.36 Å². The molecule has 3 aromatic carbocycles. The molecule has 0 aliphatic heterocycles. The molecule has 0 spiro atoms. The first-order valence-corrected chi connectivity index (χ1v) is 9.81. The molecule has 1 aromatic heterocycles. The van der Waals surface area contributed by atoms with Crippen molar-refractivity contribution in [3.05, 3.63) is 103 Å². The molecule has 4 aromatic rings. The van der Waals surface area contributed by atoms with Gasteiger partial charge in [-0.25, -0.2) is 4.98 Å². The molecule has 0 radical (unpaired) electrons. The maximum Gasteiger partial charge on any atom is 0.573 e. The molecule has 0 fully saturated rings. The fourth-order valence-corrected chi connectivity index (χ4v) is 3.09. The molecule has 0 amide bonds. The molecule has 0 bridgehead atoms. The predicted molar refractivity (Wildman–Crippen MR) is 117 cm³/mol. The van der Waals surface area contributed by atoms with Crippen LogP contribution in [-0.4, -0.2) is 11.3 Å². The molecule has 0 aliphatic rings. The third-order valence-corrected chi connectivity index (χ3v) is 4.53. The zero-order valence-electron chi connectivity index (χ0n) is 16.8. The highest BCUT2D eigenvalue weighted by atomic mass is 19.4. The normalized spacial score (nSPS) is 11.1. The number of nitrogens with zero attached hydrogens (tertiary/aromatic N) is 1. The lowest BCUT2D eigenvalue weighted by Crippen LogP contribution is -2.16. The molecule has 1 N–H and O–H groups in total. The largest absolute Gasteiger partial charge is 0.573 e. The summed E-state index contributed by atoms with van der Waals surface area (Å²) in [5.41, 5.74) is 3.86. The minimum Gasteiger partial charge on any atom is -0.472 e. The molecular weight excluding hydrogens is 417 g/mol. The van der Waals surface area contributed by atoms with Crippen LogP contribution in [0.3, 0.4) is 0 Å². The summed E-state index contributed by atoms with van der Waals surface area (Å²) >= 11 is 0. The molecule has 32 heavy (non-hydrogen) atoms. The monoisotopic (exact) mass is 436 g/mol. The summed E-state index contributed by atoms with van der Waals surface area (Å²) in [6.07, 6.45) is -3.09. The van der Waals surface area contributed by atoms with E-state index in [0.29, 0.717) is 29.3 Å². The number of hydrogen-bond donors (Lipinski definition) is 1. The molecule has 4 rings (SSSR count). The maximum atomic E-state index is 12.5. The van der Waals surface area contributed by atoms with Crippen molar-refractivity contribution in [3.63, 3.8) is 0 Å². The van der Waals surface area contributed by atoms with Crippen LogP contribution in [0, 0.1) is 0 Å². The van der Waals surface area contributed by atoms with E-state index in [1.807, 2.05) is 66.7 Å². The molecule has 0 atom stereocenters. The Balaban J connectivity index is 1.63. The van der Waals surface area contributed by atoms with Gasteiger partial charge < -0.3 is 14.8 Å². The van der Waals surface area contributed by atoms with Gasteiger partial charge in [-0.1, -0.05) is 60.7 Å². The lowest BCUT2D eigenvalue weighted by Gasteiger charge is -2.14. The summed E-state index contributed by atoms with van der Waals surface area (Å²) in [5.74, 6) is 0.0801. The van der Waals surface area contributed by atoms with E-state index >= 15 is 0 Å². The number of aromatic nitrogens is 1. The van der Waals surface area contributed by atoms with E-state index < -0.39 is 6.36 Å². The van der Waals surface area contributed by atoms with Crippen molar-refractivity contribution in [2.75, 3.05) is 5.32 Å². The van der Waals surface area contributed by atoms with E-state index in [9.17, 15) is 13.2 Å². The Morgan fingerprint density at radius 3 is 2.09 bits per heavy atom. The van der Waals surface area contributed by atoms with Gasteiger partial charge in [0.05, 0.1) is 11.9 Å². The number of hydrogen-bond acceptors (Lipinski definition) is 4. The summed E-state index contributed by atoms with van der Waals surface area (Å²) in [6, 6.07) is 26.7. The van der Waals surface area contributed by atoms with Crippen LogP contribution >= 0.6 is 0 Å². The van der Waals surface area contributed by atoms with Crippen molar-refractivity contribution in [3.8, 4) is 22.8 Å². The molecule has 0 saturated heterocycles. The highest BCUT2D eigenvalue weighted by Crippen LogP contribution is 2.34. The van der Waals surface area contributed by atoms with E-state index in [4.69, 9.17) is 4.74 Å². The van der Waals surface area contributed by atoms with Gasteiger partial charge in [0.25, 0.3) is 0 Å². The van der Waals surface area contributed by atoms with Crippen LogP contribution < -0.4 is 14.8 Å². The van der Waals surface area contributed by atoms with Crippen molar-refractivity contribution in [1.82, 2.24) is 4.98 Å². The summed E-state index contributed by atoms with van der Waals surface area (Å²) in [4.78, 5) is 4.45. The Bertz CT molecular complexity index is 1150. The Hall–Kier alpha value is -4.00. The third-order valence-electron chi connectivity index (χ3n) is 4.53. The summed E-state index contributed by atoms with van der Waals surface area (Å²) in [7, 11) is 0. The number of nitrogens with one attached hydrogen (secondary N) is 1. The minimum atomic E-state index is -4.74. The van der Waals surface area contributed by atoms with Crippen LogP contribution in [0.5, 0.6) is 11.6 Å². The van der Waals surface area contributed by atoms with Crippen LogP contribution in [0.2, 0.25) is 0 Å². The van der Waals surface area contributed by atoms with Crippen LogP contribution in [-0.2, 0) is 6.61 Å². The molecule has 4 nitrogen and oxygen atoms in total. The van der Waals surface area contributed by atoms with Crippen LogP contribution in [0.25, 0.3) is 11.1 Å². The van der Waals surface area contributed by atoms with Crippen molar-refractivity contribution in [2.45, 2.75) is 13.0 Å². The molecule has 162 valence electrons. The lowest BCUT2D eigenvalue weighted by atomic mass is 10.1. The van der Waals surface area contributed by atoms with Crippen molar-refractivity contribution >= 4 is 11.4 Å². The SMILES string of the molecule is FC(F)(F)Oc1ccc(-c2cc(Nc3ccccc3)cnc2OCc2ccccc2)cc1. The summed E-state index contributed by atoms with van der Waals surface area (Å²) in [5, 5.41) is 3.27. The van der Waals surface area contributed by atoms with Gasteiger partial charge in [0.1, 0.15) is 12.4 Å². The van der Waals surface area contributed by atoms with E-state index in [1.165, 1.54) is 12.1 Å². The zero-order chi connectivity index (χ0) is 22.4. The number of ether oxygens (including phenoxy) is 2. The first-order valence-electron chi connectivity index (χ1n) is 9.81. The van der Waals surface area contributed by atoms with Gasteiger partial charge in [0, 0.05) is 11.3 Å². The zero-order valence-corrected chi connectivity index (χ0v) is 16.8. The average Bonchev–Trinajstić information content (AvgIpc) is 2.79. The third kappa shape index (κ3) is 5.78. The average molecular weight is 436 g/mol. The van der Waals surface area contributed by atoms with Gasteiger partial charge in [-0.15, -0.1) is 13.2 Å². The molecule has 0 unspecified atom stereocenters. The number of para-hydroxylation sites is 1. The van der Waals surface area contributed by atoms with Crippen molar-refractivity contribution < 1.29 is 22.6 Å². The van der Waals surface area contributed by atoms with E-state index in [1.54, 1.807) is 18.3 Å². The highest BCUT2D eigenvalue weighted by molar-refractivity contribution is 5.74.